The maximum absolute atomic E-state index is 6.53. The highest BCUT2D eigenvalue weighted by molar-refractivity contribution is 8.01. The highest BCUT2D eigenvalue weighted by Gasteiger charge is 2.18. The van der Waals surface area contributed by atoms with Crippen molar-refractivity contribution in [2.75, 3.05) is 12.5 Å². The lowest BCUT2D eigenvalue weighted by atomic mass is 9.89. The Morgan fingerprint density at radius 3 is 1.74 bits per heavy atom. The summed E-state index contributed by atoms with van der Waals surface area (Å²) in [7, 11) is 0. The Kier molecular flexibility index (Phi) is 7.46. The summed E-state index contributed by atoms with van der Waals surface area (Å²) in [5, 5.41) is 2.41. The van der Waals surface area contributed by atoms with Gasteiger partial charge in [0.1, 0.15) is 12.4 Å². The Hall–Kier alpha value is -3.14. The Morgan fingerprint density at radius 2 is 1.14 bits per heavy atom. The maximum Gasteiger partial charge on any atom is 0.128 e. The number of rotatable bonds is 8. The van der Waals surface area contributed by atoms with Gasteiger partial charge in [0.2, 0.25) is 0 Å². The molecule has 0 unspecified atom stereocenters. The first kappa shape index (κ1) is 23.6. The first-order valence-electron chi connectivity index (χ1n) is 11.7. The summed E-state index contributed by atoms with van der Waals surface area (Å²) in [4.78, 5) is 2.58. The topological polar surface area (TPSA) is 9.23 Å². The molecule has 0 radical (unpaired) electrons. The van der Waals surface area contributed by atoms with E-state index in [0.717, 1.165) is 12.2 Å². The van der Waals surface area contributed by atoms with E-state index in [1.807, 2.05) is 6.07 Å². The van der Waals surface area contributed by atoms with Crippen molar-refractivity contribution in [2.45, 2.75) is 22.8 Å². The lowest BCUT2D eigenvalue weighted by Gasteiger charge is -2.20. The van der Waals surface area contributed by atoms with Gasteiger partial charge in [-0.2, -0.15) is 0 Å². The summed E-state index contributed by atoms with van der Waals surface area (Å²) < 4.78 is 6.53. The minimum Gasteiger partial charge on any atom is -0.488 e. The first-order chi connectivity index (χ1) is 17.3. The number of hydrogen-bond donors (Lipinski definition) is 0. The highest BCUT2D eigenvalue weighted by atomic mass is 32.2. The standard InChI is InChI=1S/C32H28OS2/c1-34-30-20-27-28(21-31(30)35-2)32(25-16-10-5-11-17-25)26(18-23-12-6-3-7-13-23)19-29(27)33-22-24-14-8-4-9-15-24/h3-17,19-21H,18,22H2,1-2H3. The van der Waals surface area contributed by atoms with Crippen LogP contribution < -0.4 is 4.74 Å². The van der Waals surface area contributed by atoms with Crippen molar-refractivity contribution < 1.29 is 4.74 Å². The summed E-state index contributed by atoms with van der Waals surface area (Å²) >= 11 is 3.59. The van der Waals surface area contributed by atoms with E-state index < -0.39 is 0 Å². The zero-order valence-electron chi connectivity index (χ0n) is 20.0. The molecule has 5 aromatic rings. The van der Waals surface area contributed by atoms with Gasteiger partial charge < -0.3 is 4.74 Å². The Bertz CT molecular complexity index is 1410. The molecule has 0 saturated carbocycles. The SMILES string of the molecule is CSc1cc2c(OCc3ccccc3)cc(Cc3ccccc3)c(-c3ccccc3)c2cc1SC. The third-order valence-corrected chi connectivity index (χ3v) is 7.91. The van der Waals surface area contributed by atoms with E-state index >= 15 is 0 Å². The molecule has 0 fully saturated rings. The average Bonchev–Trinajstić information content (AvgIpc) is 2.92. The van der Waals surface area contributed by atoms with Crippen LogP contribution in [-0.4, -0.2) is 12.5 Å². The fourth-order valence-corrected chi connectivity index (χ4v) is 6.02. The highest BCUT2D eigenvalue weighted by Crippen LogP contribution is 2.43. The fourth-order valence-electron chi connectivity index (χ4n) is 4.53. The molecule has 5 aromatic carbocycles. The van der Waals surface area contributed by atoms with Crippen molar-refractivity contribution in [1.82, 2.24) is 0 Å². The van der Waals surface area contributed by atoms with E-state index in [-0.39, 0.29) is 0 Å². The van der Waals surface area contributed by atoms with Gasteiger partial charge in [0.15, 0.2) is 0 Å². The number of thioether (sulfide) groups is 2. The summed E-state index contributed by atoms with van der Waals surface area (Å²) in [5.74, 6) is 0.942. The predicted molar refractivity (Wildman–Crippen MR) is 153 cm³/mol. The zero-order chi connectivity index (χ0) is 24.0. The zero-order valence-corrected chi connectivity index (χ0v) is 21.7. The van der Waals surface area contributed by atoms with E-state index in [1.54, 1.807) is 23.5 Å². The van der Waals surface area contributed by atoms with Crippen molar-refractivity contribution in [3.05, 3.63) is 126 Å². The Balaban J connectivity index is 1.74. The molecular weight excluding hydrogens is 464 g/mol. The molecule has 1 nitrogen and oxygen atoms in total. The molecule has 5 rings (SSSR count). The molecule has 0 amide bonds. The van der Waals surface area contributed by atoms with Crippen LogP contribution >= 0.6 is 23.5 Å². The second-order valence-electron chi connectivity index (χ2n) is 8.46. The van der Waals surface area contributed by atoms with Crippen LogP contribution in [0.1, 0.15) is 16.7 Å². The lowest BCUT2D eigenvalue weighted by Crippen LogP contribution is -2.00. The van der Waals surface area contributed by atoms with Crippen molar-refractivity contribution in [2.24, 2.45) is 0 Å². The molecule has 0 N–H and O–H groups in total. The first-order valence-corrected chi connectivity index (χ1v) is 14.2. The molecule has 0 heterocycles. The smallest absolute Gasteiger partial charge is 0.128 e. The molecular formula is C32H28OS2. The van der Waals surface area contributed by atoms with Gasteiger partial charge in [-0.15, -0.1) is 23.5 Å². The molecule has 3 heteroatoms. The van der Waals surface area contributed by atoms with E-state index in [9.17, 15) is 0 Å². The molecule has 0 aliphatic heterocycles. The van der Waals surface area contributed by atoms with Gasteiger partial charge in [-0.05, 0) is 70.3 Å². The largest absolute Gasteiger partial charge is 0.488 e. The van der Waals surface area contributed by atoms with Crippen LogP contribution in [0.25, 0.3) is 21.9 Å². The molecule has 0 saturated heterocycles. The van der Waals surface area contributed by atoms with Crippen LogP contribution in [0.2, 0.25) is 0 Å². The average molecular weight is 493 g/mol. The van der Waals surface area contributed by atoms with Crippen LogP contribution in [0.3, 0.4) is 0 Å². The third-order valence-electron chi connectivity index (χ3n) is 6.22. The molecule has 0 aliphatic carbocycles. The molecule has 35 heavy (non-hydrogen) atoms. The van der Waals surface area contributed by atoms with Crippen LogP contribution in [-0.2, 0) is 13.0 Å². The molecule has 0 atom stereocenters. The van der Waals surface area contributed by atoms with Gasteiger partial charge in [-0.3, -0.25) is 0 Å². The van der Waals surface area contributed by atoms with Crippen LogP contribution in [0.4, 0.5) is 0 Å². The van der Waals surface area contributed by atoms with E-state index in [1.165, 1.54) is 48.4 Å². The number of fused-ring (bicyclic) bond motifs is 1. The minimum absolute atomic E-state index is 0.546. The van der Waals surface area contributed by atoms with Crippen molar-refractivity contribution in [3.8, 4) is 16.9 Å². The second kappa shape index (κ2) is 11.1. The summed E-state index contributed by atoms with van der Waals surface area (Å²) in [6.45, 7) is 0.546. The Labute approximate surface area is 216 Å². The van der Waals surface area contributed by atoms with Gasteiger partial charge in [-0.25, -0.2) is 0 Å². The summed E-state index contributed by atoms with van der Waals surface area (Å²) in [6, 6.07) is 38.8. The van der Waals surface area contributed by atoms with Crippen molar-refractivity contribution in [1.29, 1.82) is 0 Å². The van der Waals surface area contributed by atoms with Gasteiger partial charge in [-0.1, -0.05) is 91.0 Å². The normalized spacial score (nSPS) is 11.0. The van der Waals surface area contributed by atoms with Gasteiger partial charge >= 0.3 is 0 Å². The maximum atomic E-state index is 6.53. The van der Waals surface area contributed by atoms with Gasteiger partial charge in [0, 0.05) is 15.2 Å². The fraction of sp³-hybridized carbons (Fsp3) is 0.125. The monoisotopic (exact) mass is 492 g/mol. The van der Waals surface area contributed by atoms with Gasteiger partial charge in [0.05, 0.1) is 0 Å². The Morgan fingerprint density at radius 1 is 0.600 bits per heavy atom. The molecule has 174 valence electrons. The number of ether oxygens (including phenoxy) is 1. The molecule has 0 aliphatic rings. The van der Waals surface area contributed by atoms with Crippen LogP contribution in [0.5, 0.6) is 5.75 Å². The quantitative estimate of drug-likeness (QED) is 0.200. The number of benzene rings is 5. The van der Waals surface area contributed by atoms with E-state index in [4.69, 9.17) is 4.74 Å². The van der Waals surface area contributed by atoms with Crippen molar-refractivity contribution in [3.63, 3.8) is 0 Å². The van der Waals surface area contributed by atoms with E-state index in [2.05, 4.69) is 116 Å². The lowest BCUT2D eigenvalue weighted by molar-refractivity contribution is 0.310. The third kappa shape index (κ3) is 5.27. The summed E-state index contributed by atoms with van der Waals surface area (Å²) in [5.41, 5.74) is 6.27. The minimum atomic E-state index is 0.546. The van der Waals surface area contributed by atoms with E-state index in [0.29, 0.717) is 6.61 Å². The van der Waals surface area contributed by atoms with Crippen LogP contribution in [0, 0.1) is 0 Å². The predicted octanol–water partition coefficient (Wildman–Crippen LogP) is 9.12. The van der Waals surface area contributed by atoms with Crippen molar-refractivity contribution >= 4 is 34.3 Å². The molecule has 0 bridgehead atoms. The van der Waals surface area contributed by atoms with Gasteiger partial charge in [0.25, 0.3) is 0 Å². The molecule has 0 aromatic heterocycles. The summed E-state index contributed by atoms with van der Waals surface area (Å²) in [6.07, 6.45) is 5.15. The number of hydrogen-bond acceptors (Lipinski definition) is 3. The molecule has 0 spiro atoms. The van der Waals surface area contributed by atoms with Crippen LogP contribution in [0.15, 0.2) is 119 Å². The second-order valence-corrected chi connectivity index (χ2v) is 10.2.